The molecule has 0 radical (unpaired) electrons. The molecule has 0 atom stereocenters. The molecule has 0 aliphatic carbocycles. The van der Waals surface area contributed by atoms with Crippen LogP contribution in [0.2, 0.25) is 5.28 Å². The standard InChI is InChI=1S/C9H9ClN2O/c1-9(2,13)4-3-7-5-11-8(10)12-6-7/h5-6,13H,1-2H3. The van der Waals surface area contributed by atoms with Gasteiger partial charge in [0.2, 0.25) is 5.28 Å². The minimum Gasteiger partial charge on any atom is -0.378 e. The van der Waals surface area contributed by atoms with E-state index in [2.05, 4.69) is 21.8 Å². The lowest BCUT2D eigenvalue weighted by Crippen LogP contribution is -2.14. The minimum atomic E-state index is -1.00. The van der Waals surface area contributed by atoms with Crippen molar-refractivity contribution in [3.05, 3.63) is 23.2 Å². The normalized spacial score (nSPS) is 10.5. The van der Waals surface area contributed by atoms with E-state index in [1.807, 2.05) is 0 Å². The zero-order valence-corrected chi connectivity index (χ0v) is 8.13. The van der Waals surface area contributed by atoms with Gasteiger partial charge in [-0.05, 0) is 25.4 Å². The first-order valence-electron chi connectivity index (χ1n) is 3.70. The van der Waals surface area contributed by atoms with Crippen LogP contribution in [0.3, 0.4) is 0 Å². The lowest BCUT2D eigenvalue weighted by atomic mass is 10.1. The molecule has 1 N–H and O–H groups in total. The van der Waals surface area contributed by atoms with E-state index in [1.54, 1.807) is 13.8 Å². The highest BCUT2D eigenvalue weighted by Crippen LogP contribution is 2.01. The van der Waals surface area contributed by atoms with Crippen molar-refractivity contribution in [3.63, 3.8) is 0 Å². The Morgan fingerprint density at radius 2 is 1.92 bits per heavy atom. The third-order valence-electron chi connectivity index (χ3n) is 1.13. The summed E-state index contributed by atoms with van der Waals surface area (Å²) in [5.41, 5.74) is -0.369. The van der Waals surface area contributed by atoms with Gasteiger partial charge in [0.15, 0.2) is 0 Å². The summed E-state index contributed by atoms with van der Waals surface area (Å²) in [4.78, 5) is 7.50. The highest BCUT2D eigenvalue weighted by atomic mass is 35.5. The molecule has 68 valence electrons. The van der Waals surface area contributed by atoms with Gasteiger partial charge in [-0.15, -0.1) is 0 Å². The molecule has 0 aromatic carbocycles. The molecule has 1 heterocycles. The fourth-order valence-corrected chi connectivity index (χ4v) is 0.700. The Morgan fingerprint density at radius 1 is 1.38 bits per heavy atom. The van der Waals surface area contributed by atoms with E-state index in [0.717, 1.165) is 0 Å². The Balaban J connectivity index is 2.85. The highest BCUT2D eigenvalue weighted by molar-refractivity contribution is 6.28. The molecule has 4 heteroatoms. The summed E-state index contributed by atoms with van der Waals surface area (Å²) in [6.07, 6.45) is 3.02. The Morgan fingerprint density at radius 3 is 2.38 bits per heavy atom. The molecule has 3 nitrogen and oxygen atoms in total. The second-order valence-corrected chi connectivity index (χ2v) is 3.39. The van der Waals surface area contributed by atoms with Crippen LogP contribution in [0.1, 0.15) is 19.4 Å². The van der Waals surface area contributed by atoms with Crippen LogP contribution < -0.4 is 0 Å². The highest BCUT2D eigenvalue weighted by Gasteiger charge is 2.05. The average molecular weight is 197 g/mol. The van der Waals surface area contributed by atoms with Gasteiger partial charge in [0.05, 0.1) is 5.56 Å². The zero-order chi connectivity index (χ0) is 9.90. The maximum atomic E-state index is 9.29. The maximum absolute atomic E-state index is 9.29. The third kappa shape index (κ3) is 3.88. The second kappa shape index (κ2) is 3.73. The van der Waals surface area contributed by atoms with Gasteiger partial charge >= 0.3 is 0 Å². The van der Waals surface area contributed by atoms with Crippen molar-refractivity contribution in [2.24, 2.45) is 0 Å². The molecule has 0 aliphatic heterocycles. The molecular weight excluding hydrogens is 188 g/mol. The molecule has 1 aromatic heterocycles. The van der Waals surface area contributed by atoms with E-state index in [9.17, 15) is 5.11 Å². The number of halogens is 1. The average Bonchev–Trinajstić information content (AvgIpc) is 2.02. The van der Waals surface area contributed by atoms with E-state index in [4.69, 9.17) is 11.6 Å². The molecule has 13 heavy (non-hydrogen) atoms. The van der Waals surface area contributed by atoms with Gasteiger partial charge < -0.3 is 5.11 Å². The van der Waals surface area contributed by atoms with E-state index in [0.29, 0.717) is 5.56 Å². The summed E-state index contributed by atoms with van der Waals surface area (Å²) in [5.74, 6) is 5.37. The number of hydrogen-bond acceptors (Lipinski definition) is 3. The minimum absolute atomic E-state index is 0.189. The van der Waals surface area contributed by atoms with Crippen molar-refractivity contribution in [2.45, 2.75) is 19.4 Å². The Kier molecular flexibility index (Phi) is 2.86. The molecular formula is C9H9ClN2O. The number of rotatable bonds is 0. The Hall–Kier alpha value is -1.11. The summed E-state index contributed by atoms with van der Waals surface area (Å²) >= 11 is 5.48. The van der Waals surface area contributed by atoms with Crippen LogP contribution >= 0.6 is 11.6 Å². The zero-order valence-electron chi connectivity index (χ0n) is 7.37. The predicted octanol–water partition coefficient (Wildman–Crippen LogP) is 1.25. The van der Waals surface area contributed by atoms with Gasteiger partial charge in [0, 0.05) is 12.4 Å². The van der Waals surface area contributed by atoms with Crippen LogP contribution in [0.25, 0.3) is 0 Å². The molecule has 0 amide bonds. The van der Waals surface area contributed by atoms with Gasteiger partial charge in [0.1, 0.15) is 5.60 Å². The Bertz CT molecular complexity index is 343. The molecule has 0 spiro atoms. The van der Waals surface area contributed by atoms with Gasteiger partial charge in [-0.1, -0.05) is 11.8 Å². The third-order valence-corrected chi connectivity index (χ3v) is 1.33. The first kappa shape index (κ1) is 9.97. The summed E-state index contributed by atoms with van der Waals surface area (Å²) in [7, 11) is 0. The fourth-order valence-electron chi connectivity index (χ4n) is 0.602. The summed E-state index contributed by atoms with van der Waals surface area (Å²) < 4.78 is 0. The van der Waals surface area contributed by atoms with Crippen LogP contribution in [0, 0.1) is 11.8 Å². The predicted molar refractivity (Wildman–Crippen MR) is 50.2 cm³/mol. The lowest BCUT2D eigenvalue weighted by molar-refractivity contribution is 0.143. The number of nitrogens with zero attached hydrogens (tertiary/aromatic N) is 2. The smallest absolute Gasteiger partial charge is 0.222 e. The number of aromatic nitrogens is 2. The van der Waals surface area contributed by atoms with Gasteiger partial charge in [-0.2, -0.15) is 0 Å². The van der Waals surface area contributed by atoms with Crippen LogP contribution in [-0.4, -0.2) is 20.7 Å². The summed E-state index contributed by atoms with van der Waals surface area (Å²) in [5, 5.41) is 9.48. The molecule has 0 saturated heterocycles. The quantitative estimate of drug-likeness (QED) is 0.502. The molecule has 1 rings (SSSR count). The number of hydrogen-bond donors (Lipinski definition) is 1. The van der Waals surface area contributed by atoms with E-state index in [-0.39, 0.29) is 5.28 Å². The topological polar surface area (TPSA) is 46.0 Å². The second-order valence-electron chi connectivity index (χ2n) is 3.05. The largest absolute Gasteiger partial charge is 0.378 e. The summed E-state index contributed by atoms with van der Waals surface area (Å²) in [6, 6.07) is 0. The maximum Gasteiger partial charge on any atom is 0.222 e. The van der Waals surface area contributed by atoms with E-state index in [1.165, 1.54) is 12.4 Å². The van der Waals surface area contributed by atoms with Crippen molar-refractivity contribution >= 4 is 11.6 Å². The molecule has 1 aromatic rings. The van der Waals surface area contributed by atoms with Crippen LogP contribution in [0.4, 0.5) is 0 Å². The van der Waals surface area contributed by atoms with Gasteiger partial charge in [-0.3, -0.25) is 0 Å². The molecule has 0 bridgehead atoms. The SMILES string of the molecule is CC(C)(O)C#Cc1cnc(Cl)nc1. The van der Waals surface area contributed by atoms with Crippen molar-refractivity contribution in [1.82, 2.24) is 9.97 Å². The van der Waals surface area contributed by atoms with E-state index < -0.39 is 5.60 Å². The molecule has 0 unspecified atom stereocenters. The molecule has 0 aliphatic rings. The molecule has 0 fully saturated rings. The van der Waals surface area contributed by atoms with Crippen LogP contribution in [0.15, 0.2) is 12.4 Å². The molecule has 0 saturated carbocycles. The fraction of sp³-hybridized carbons (Fsp3) is 0.333. The first-order valence-corrected chi connectivity index (χ1v) is 4.08. The van der Waals surface area contributed by atoms with Crippen molar-refractivity contribution < 1.29 is 5.11 Å². The monoisotopic (exact) mass is 196 g/mol. The van der Waals surface area contributed by atoms with Crippen LogP contribution in [-0.2, 0) is 0 Å². The van der Waals surface area contributed by atoms with Crippen molar-refractivity contribution in [2.75, 3.05) is 0 Å². The van der Waals surface area contributed by atoms with Crippen molar-refractivity contribution in [3.8, 4) is 11.8 Å². The summed E-state index contributed by atoms with van der Waals surface area (Å²) in [6.45, 7) is 3.22. The van der Waals surface area contributed by atoms with Crippen LogP contribution in [0.5, 0.6) is 0 Å². The van der Waals surface area contributed by atoms with Gasteiger partial charge in [-0.25, -0.2) is 9.97 Å². The number of aliphatic hydroxyl groups is 1. The van der Waals surface area contributed by atoms with Crippen molar-refractivity contribution in [1.29, 1.82) is 0 Å². The lowest BCUT2D eigenvalue weighted by Gasteiger charge is -2.05. The van der Waals surface area contributed by atoms with E-state index >= 15 is 0 Å². The first-order chi connectivity index (χ1) is 5.97. The van der Waals surface area contributed by atoms with Gasteiger partial charge in [0.25, 0.3) is 0 Å². The Labute approximate surface area is 81.8 Å².